The van der Waals surface area contributed by atoms with Crippen molar-refractivity contribution >= 4 is 38.9 Å². The van der Waals surface area contributed by atoms with E-state index in [1.165, 1.54) is 0 Å². The molecule has 0 aliphatic rings. The quantitative estimate of drug-likeness (QED) is 0.821. The second-order valence-corrected chi connectivity index (χ2v) is 3.93. The number of carbonyl (C=O) groups is 1. The van der Waals surface area contributed by atoms with Gasteiger partial charge in [0.1, 0.15) is 0 Å². The molecule has 0 unspecified atom stereocenters. The van der Waals surface area contributed by atoms with E-state index in [4.69, 9.17) is 5.11 Å². The van der Waals surface area contributed by atoms with E-state index in [1.54, 1.807) is 12.3 Å². The molecule has 0 aliphatic carbocycles. The molecule has 0 radical (unpaired) electrons. The second kappa shape index (κ2) is 3.90. The first-order chi connectivity index (χ1) is 7.18. The first-order valence-electron chi connectivity index (χ1n) is 4.35. The fourth-order valence-electron chi connectivity index (χ4n) is 1.44. The van der Waals surface area contributed by atoms with E-state index < -0.39 is 5.97 Å². The summed E-state index contributed by atoms with van der Waals surface area (Å²) in [6, 6.07) is 5.79. The van der Waals surface area contributed by atoms with Crippen LogP contribution in [0.15, 0.2) is 34.9 Å². The van der Waals surface area contributed by atoms with Crippen molar-refractivity contribution in [1.29, 1.82) is 0 Å². The molecule has 0 saturated carbocycles. The Bertz CT molecular complexity index is 543. The number of fused-ring (bicyclic) bond motifs is 1. The lowest BCUT2D eigenvalue weighted by Crippen LogP contribution is -1.84. The average molecular weight is 266 g/mol. The number of halogens is 1. The summed E-state index contributed by atoms with van der Waals surface area (Å²) >= 11 is 3.42. The number of aromatic nitrogens is 1. The van der Waals surface area contributed by atoms with E-state index in [0.29, 0.717) is 0 Å². The second-order valence-electron chi connectivity index (χ2n) is 3.08. The van der Waals surface area contributed by atoms with Crippen LogP contribution in [0.1, 0.15) is 5.56 Å². The van der Waals surface area contributed by atoms with Crippen molar-refractivity contribution in [3.8, 4) is 0 Å². The van der Waals surface area contributed by atoms with Crippen LogP contribution in [0.25, 0.3) is 17.0 Å². The summed E-state index contributed by atoms with van der Waals surface area (Å²) in [4.78, 5) is 13.5. The zero-order valence-electron chi connectivity index (χ0n) is 7.70. The van der Waals surface area contributed by atoms with Crippen molar-refractivity contribution in [2.45, 2.75) is 0 Å². The maximum absolute atomic E-state index is 10.4. The van der Waals surface area contributed by atoms with Crippen LogP contribution in [0.2, 0.25) is 0 Å². The molecule has 0 saturated heterocycles. The molecule has 2 N–H and O–H groups in total. The molecule has 3 nitrogen and oxygen atoms in total. The summed E-state index contributed by atoms with van der Waals surface area (Å²) in [5.74, 6) is -0.945. The van der Waals surface area contributed by atoms with Gasteiger partial charge in [-0.05, 0) is 28.1 Å². The molecule has 2 rings (SSSR count). The molecule has 1 heterocycles. The molecule has 0 aliphatic heterocycles. The smallest absolute Gasteiger partial charge is 0.328 e. The van der Waals surface area contributed by atoms with Crippen LogP contribution >= 0.6 is 15.9 Å². The van der Waals surface area contributed by atoms with Crippen molar-refractivity contribution in [3.63, 3.8) is 0 Å². The molecule has 0 amide bonds. The van der Waals surface area contributed by atoms with Crippen LogP contribution in [0.5, 0.6) is 0 Å². The first-order valence-corrected chi connectivity index (χ1v) is 5.14. The molecule has 1 aromatic heterocycles. The summed E-state index contributed by atoms with van der Waals surface area (Å²) in [5.41, 5.74) is 1.84. The largest absolute Gasteiger partial charge is 0.478 e. The van der Waals surface area contributed by atoms with E-state index in [-0.39, 0.29) is 0 Å². The predicted molar refractivity (Wildman–Crippen MR) is 62.7 cm³/mol. The highest BCUT2D eigenvalue weighted by molar-refractivity contribution is 9.10. The van der Waals surface area contributed by atoms with Gasteiger partial charge >= 0.3 is 5.97 Å². The number of rotatable bonds is 2. The number of H-pyrrole nitrogens is 1. The number of benzene rings is 1. The number of carboxylic acid groups (broad SMARTS) is 1. The number of para-hydroxylation sites is 1. The van der Waals surface area contributed by atoms with Gasteiger partial charge in [0.05, 0.1) is 5.52 Å². The number of aromatic amines is 1. The normalized spacial score (nSPS) is 11.3. The van der Waals surface area contributed by atoms with Gasteiger partial charge in [-0.1, -0.05) is 12.1 Å². The lowest BCUT2D eigenvalue weighted by atomic mass is 10.1. The Morgan fingerprint density at radius 2 is 2.27 bits per heavy atom. The van der Waals surface area contributed by atoms with Crippen LogP contribution in [-0.2, 0) is 4.79 Å². The Balaban J connectivity index is 2.54. The van der Waals surface area contributed by atoms with Gasteiger partial charge in [-0.25, -0.2) is 4.79 Å². The minimum Gasteiger partial charge on any atom is -0.478 e. The molecule has 76 valence electrons. The molecule has 1 aromatic carbocycles. The van der Waals surface area contributed by atoms with Gasteiger partial charge in [-0.3, -0.25) is 0 Å². The maximum atomic E-state index is 10.4. The Kier molecular flexibility index (Phi) is 2.60. The lowest BCUT2D eigenvalue weighted by molar-refractivity contribution is -0.131. The molecular weight excluding hydrogens is 258 g/mol. The average Bonchev–Trinajstić information content (AvgIpc) is 2.59. The van der Waals surface area contributed by atoms with Gasteiger partial charge < -0.3 is 10.1 Å². The van der Waals surface area contributed by atoms with Crippen LogP contribution in [-0.4, -0.2) is 16.1 Å². The maximum Gasteiger partial charge on any atom is 0.328 e. The third kappa shape index (κ3) is 1.94. The van der Waals surface area contributed by atoms with Crippen LogP contribution < -0.4 is 0 Å². The third-order valence-corrected chi connectivity index (χ3v) is 2.76. The Morgan fingerprint density at radius 3 is 3.00 bits per heavy atom. The highest BCUT2D eigenvalue weighted by Crippen LogP contribution is 2.26. The van der Waals surface area contributed by atoms with E-state index in [0.717, 1.165) is 27.0 Å². The Morgan fingerprint density at radius 1 is 1.47 bits per heavy atom. The SMILES string of the molecule is O=C(O)/C=C\c1c[nH]c2c(Br)cccc12. The van der Waals surface area contributed by atoms with E-state index >= 15 is 0 Å². The fraction of sp³-hybridized carbons (Fsp3) is 0. The minimum absolute atomic E-state index is 0.869. The Labute approximate surface area is 94.6 Å². The Hall–Kier alpha value is -1.55. The van der Waals surface area contributed by atoms with Crippen molar-refractivity contribution in [2.75, 3.05) is 0 Å². The summed E-state index contributed by atoms with van der Waals surface area (Å²) in [6.45, 7) is 0. The molecule has 15 heavy (non-hydrogen) atoms. The topological polar surface area (TPSA) is 53.1 Å². The number of nitrogens with one attached hydrogen (secondary N) is 1. The van der Waals surface area contributed by atoms with Gasteiger partial charge in [-0.2, -0.15) is 0 Å². The lowest BCUT2D eigenvalue weighted by Gasteiger charge is -1.93. The summed E-state index contributed by atoms with van der Waals surface area (Å²) in [5, 5.41) is 9.53. The van der Waals surface area contributed by atoms with Crippen LogP contribution in [0, 0.1) is 0 Å². The molecule has 4 heteroatoms. The first kappa shape index (κ1) is 9.98. The third-order valence-electron chi connectivity index (χ3n) is 2.10. The van der Waals surface area contributed by atoms with Crippen LogP contribution in [0.3, 0.4) is 0 Å². The van der Waals surface area contributed by atoms with Gasteiger partial charge in [0.2, 0.25) is 0 Å². The molecule has 0 spiro atoms. The van der Waals surface area contributed by atoms with E-state index in [9.17, 15) is 4.79 Å². The number of hydrogen-bond donors (Lipinski definition) is 2. The van der Waals surface area contributed by atoms with Gasteiger partial charge in [0.25, 0.3) is 0 Å². The summed E-state index contributed by atoms with van der Waals surface area (Å²) in [6.07, 6.45) is 4.49. The number of carboxylic acids is 1. The zero-order chi connectivity index (χ0) is 10.8. The van der Waals surface area contributed by atoms with Crippen molar-refractivity contribution in [3.05, 3.63) is 40.5 Å². The predicted octanol–water partition coefficient (Wildman–Crippen LogP) is 3.03. The highest BCUT2D eigenvalue weighted by atomic mass is 79.9. The standard InChI is InChI=1S/C11H8BrNO2/c12-9-3-1-2-8-7(4-5-10(14)15)6-13-11(8)9/h1-6,13H,(H,14,15)/b5-4-. The van der Waals surface area contributed by atoms with Gasteiger partial charge in [0, 0.05) is 27.7 Å². The van der Waals surface area contributed by atoms with Gasteiger partial charge in [-0.15, -0.1) is 0 Å². The van der Waals surface area contributed by atoms with Crippen molar-refractivity contribution in [2.24, 2.45) is 0 Å². The zero-order valence-corrected chi connectivity index (χ0v) is 9.28. The summed E-state index contributed by atoms with van der Waals surface area (Å²) in [7, 11) is 0. The van der Waals surface area contributed by atoms with Crippen molar-refractivity contribution < 1.29 is 9.90 Å². The molecule has 0 bridgehead atoms. The van der Waals surface area contributed by atoms with Crippen LogP contribution in [0.4, 0.5) is 0 Å². The number of hydrogen-bond acceptors (Lipinski definition) is 1. The van der Waals surface area contributed by atoms with Gasteiger partial charge in [0.15, 0.2) is 0 Å². The number of aliphatic carboxylic acids is 1. The molecule has 2 aromatic rings. The molecule has 0 fully saturated rings. The van der Waals surface area contributed by atoms with Crippen molar-refractivity contribution in [1.82, 2.24) is 4.98 Å². The monoisotopic (exact) mass is 265 g/mol. The fourth-order valence-corrected chi connectivity index (χ4v) is 1.92. The highest BCUT2D eigenvalue weighted by Gasteiger charge is 2.03. The van der Waals surface area contributed by atoms with E-state index in [2.05, 4.69) is 20.9 Å². The molecule has 0 atom stereocenters. The molecular formula is C11H8BrNO2. The van der Waals surface area contributed by atoms with E-state index in [1.807, 2.05) is 18.2 Å². The minimum atomic E-state index is -0.945. The summed E-state index contributed by atoms with van der Waals surface area (Å²) < 4.78 is 0.968.